The molecule has 2 saturated heterocycles. The number of unbranched alkanes of at least 4 members (excludes halogenated alkanes) is 3. The Bertz CT molecular complexity index is 2730. The van der Waals surface area contributed by atoms with E-state index in [0.29, 0.717) is 75.1 Å². The summed E-state index contributed by atoms with van der Waals surface area (Å²) in [6.45, 7) is 3.15. The van der Waals surface area contributed by atoms with Crippen LogP contribution in [0.15, 0.2) is 54.2 Å². The summed E-state index contributed by atoms with van der Waals surface area (Å²) in [5.41, 5.74) is 2.94. The maximum Gasteiger partial charge on any atom is 0.508 e. The van der Waals surface area contributed by atoms with Crippen LogP contribution in [0.4, 0.5) is 14.4 Å². The predicted octanol–water partition coefficient (Wildman–Crippen LogP) is 7.94. The van der Waals surface area contributed by atoms with Crippen molar-refractivity contribution in [2.75, 3.05) is 79.2 Å². The lowest BCUT2D eigenvalue weighted by atomic mass is 9.66. The fourth-order valence-corrected chi connectivity index (χ4v) is 10.6. The fraction of sp³-hybridized carbons (Fsp3) is 0.549. The van der Waals surface area contributed by atoms with Crippen LogP contribution in [0.1, 0.15) is 80.0 Å². The number of rotatable bonds is 32. The standard InChI is InChI=1S/C51H61Cl2N7O20/c1-33-27-40(52)44(41(53)28-33)72-24-23-71-38-13-9-35(10-14-38)39-29-51-32-55(48(62)74-17-3-6-20-78-58(65)66)31-42(51)57(49(63)75-18-4-7-21-79-59(67)68)45(51)43(39)47(61)56(37-11-12-37)30-36-15-16-54-46(34(36)2)73-25-26-77-50(64)76-19-5-8-22-80-60(69)70/h9-10,13-16,27-28,37,42,45H,3-8,11-12,17-26,29-32H2,1-2H3. The van der Waals surface area contributed by atoms with E-state index in [9.17, 15) is 44.7 Å². The molecule has 3 unspecified atom stereocenters. The molecule has 0 bridgehead atoms. The van der Waals surface area contributed by atoms with Gasteiger partial charge in [-0.1, -0.05) is 35.3 Å². The molecule has 27 nitrogen and oxygen atoms in total. The molecule has 3 heterocycles. The van der Waals surface area contributed by atoms with Gasteiger partial charge >= 0.3 is 18.3 Å². The first-order chi connectivity index (χ1) is 38.5. The number of ether oxygens (including phenoxy) is 7. The number of likely N-dealkylation sites (tertiary alicyclic amines) is 2. The van der Waals surface area contributed by atoms with Crippen molar-refractivity contribution in [3.05, 3.63) is 117 Å². The van der Waals surface area contributed by atoms with E-state index in [1.807, 2.05) is 19.1 Å². The molecule has 3 atom stereocenters. The highest BCUT2D eigenvalue weighted by molar-refractivity contribution is 6.37. The molecule has 1 spiro atoms. The van der Waals surface area contributed by atoms with Crippen LogP contribution in [-0.4, -0.2) is 156 Å². The highest BCUT2D eigenvalue weighted by atomic mass is 35.5. The Morgan fingerprint density at radius 1 is 0.700 bits per heavy atom. The number of halogens is 2. The van der Waals surface area contributed by atoms with Crippen molar-refractivity contribution in [1.29, 1.82) is 0 Å². The molecular formula is C51H61Cl2N7O20. The van der Waals surface area contributed by atoms with Crippen molar-refractivity contribution in [1.82, 2.24) is 19.7 Å². The largest absolute Gasteiger partial charge is 0.508 e. The molecule has 7 rings (SSSR count). The number of nitrogens with zero attached hydrogens (tertiary/aromatic N) is 7. The number of amides is 3. The first-order valence-electron chi connectivity index (χ1n) is 25.9. The lowest BCUT2D eigenvalue weighted by Crippen LogP contribution is -2.72. The average Bonchev–Trinajstić information content (AvgIpc) is 4.16. The summed E-state index contributed by atoms with van der Waals surface area (Å²) in [4.78, 5) is 110. The van der Waals surface area contributed by atoms with Crippen LogP contribution in [0, 0.1) is 49.6 Å². The third-order valence-corrected chi connectivity index (χ3v) is 14.3. The van der Waals surface area contributed by atoms with Crippen molar-refractivity contribution >= 4 is 53.0 Å². The van der Waals surface area contributed by atoms with Crippen molar-refractivity contribution in [3.63, 3.8) is 0 Å². The van der Waals surface area contributed by atoms with Gasteiger partial charge in [-0.05, 0) is 124 Å². The summed E-state index contributed by atoms with van der Waals surface area (Å²) >= 11 is 12.7. The van der Waals surface area contributed by atoms with Crippen molar-refractivity contribution in [3.8, 4) is 17.4 Å². The van der Waals surface area contributed by atoms with Gasteiger partial charge in [0.05, 0.1) is 61.8 Å². The second kappa shape index (κ2) is 28.4. The minimum atomic E-state index is -0.949. The highest BCUT2D eigenvalue weighted by Gasteiger charge is 2.72. The summed E-state index contributed by atoms with van der Waals surface area (Å²) in [5.74, 6) is 0.706. The molecule has 4 aliphatic rings. The molecule has 1 saturated carbocycles. The Labute approximate surface area is 468 Å². The number of hydrogen-bond donors (Lipinski definition) is 0. The summed E-state index contributed by atoms with van der Waals surface area (Å²) in [6.07, 6.45) is 2.42. The maximum atomic E-state index is 15.7. The van der Waals surface area contributed by atoms with E-state index in [-0.39, 0.29) is 136 Å². The normalized spacial score (nSPS) is 17.8. The Balaban J connectivity index is 1.12. The third kappa shape index (κ3) is 15.7. The van der Waals surface area contributed by atoms with Crippen LogP contribution < -0.4 is 14.2 Å². The number of benzene rings is 2. The lowest BCUT2D eigenvalue weighted by Gasteiger charge is -2.57. The van der Waals surface area contributed by atoms with Gasteiger partial charge in [0.15, 0.2) is 5.75 Å². The molecule has 3 amide bonds. The third-order valence-electron chi connectivity index (χ3n) is 13.7. The molecule has 434 valence electrons. The maximum absolute atomic E-state index is 15.7. The second-order valence-electron chi connectivity index (χ2n) is 19.2. The van der Waals surface area contributed by atoms with Crippen LogP contribution in [0.5, 0.6) is 17.4 Å². The Hall–Kier alpha value is -7.81. The van der Waals surface area contributed by atoms with Crippen molar-refractivity contribution in [2.45, 2.75) is 96.3 Å². The minimum absolute atomic E-state index is 0.0313. The summed E-state index contributed by atoms with van der Waals surface area (Å²) < 4.78 is 39.3. The number of carbonyl (C=O) groups is 4. The number of aryl methyl sites for hydroxylation is 1. The predicted molar refractivity (Wildman–Crippen MR) is 278 cm³/mol. The minimum Gasteiger partial charge on any atom is -0.490 e. The Morgan fingerprint density at radius 2 is 1.25 bits per heavy atom. The van der Waals surface area contributed by atoms with Crippen LogP contribution in [0.3, 0.4) is 0 Å². The fourth-order valence-electron chi connectivity index (χ4n) is 9.90. The number of allylic oxidation sites excluding steroid dienone is 1. The van der Waals surface area contributed by atoms with Gasteiger partial charge in [0.2, 0.25) is 5.88 Å². The van der Waals surface area contributed by atoms with Gasteiger partial charge in [-0.3, -0.25) is 9.69 Å². The number of carbonyl (C=O) groups excluding carboxylic acids is 4. The van der Waals surface area contributed by atoms with E-state index >= 15 is 4.79 Å². The van der Waals surface area contributed by atoms with E-state index < -0.39 is 51.1 Å². The van der Waals surface area contributed by atoms with Crippen LogP contribution in [-0.2, 0) is 44.8 Å². The zero-order chi connectivity index (χ0) is 57.3. The summed E-state index contributed by atoms with van der Waals surface area (Å²) in [7, 11) is 0. The van der Waals surface area contributed by atoms with Crippen LogP contribution in [0.2, 0.25) is 10.0 Å². The molecule has 3 fully saturated rings. The molecule has 2 aliphatic carbocycles. The molecule has 2 aromatic carbocycles. The van der Waals surface area contributed by atoms with Crippen LogP contribution in [0.25, 0.3) is 5.57 Å². The van der Waals surface area contributed by atoms with Gasteiger partial charge < -0.3 is 57.5 Å². The molecule has 0 N–H and O–H groups in total. The molecule has 29 heteroatoms. The topological polar surface area (TPSA) is 313 Å². The molecule has 2 aliphatic heterocycles. The van der Waals surface area contributed by atoms with Gasteiger partial charge in [0.1, 0.15) is 32.2 Å². The summed E-state index contributed by atoms with van der Waals surface area (Å²) in [5, 5.41) is 29.7. The molecule has 1 aromatic heterocycles. The zero-order valence-electron chi connectivity index (χ0n) is 44.0. The first kappa shape index (κ1) is 59.8. The van der Waals surface area contributed by atoms with Crippen LogP contribution >= 0.6 is 23.2 Å². The van der Waals surface area contributed by atoms with E-state index in [2.05, 4.69) is 19.5 Å². The Kier molecular flexibility index (Phi) is 21.2. The smallest absolute Gasteiger partial charge is 0.490 e. The van der Waals surface area contributed by atoms with Gasteiger partial charge in [-0.15, -0.1) is 30.3 Å². The molecule has 80 heavy (non-hydrogen) atoms. The zero-order valence-corrected chi connectivity index (χ0v) is 45.5. The number of hydrogen-bond acceptors (Lipinski definition) is 21. The van der Waals surface area contributed by atoms with E-state index in [4.69, 9.17) is 56.4 Å². The van der Waals surface area contributed by atoms with Gasteiger partial charge in [0, 0.05) is 48.4 Å². The highest BCUT2D eigenvalue weighted by Crippen LogP contribution is 2.63. The van der Waals surface area contributed by atoms with Crippen molar-refractivity contribution in [2.24, 2.45) is 5.41 Å². The molecular weight excluding hydrogens is 1100 g/mol. The Morgan fingerprint density at radius 3 is 1.85 bits per heavy atom. The monoisotopic (exact) mass is 1160 g/mol. The summed E-state index contributed by atoms with van der Waals surface area (Å²) in [6, 6.07) is 10.7. The number of aromatic nitrogens is 1. The van der Waals surface area contributed by atoms with Crippen molar-refractivity contribution < 1.29 is 82.1 Å². The van der Waals surface area contributed by atoms with Gasteiger partial charge in [-0.25, -0.2) is 19.4 Å². The number of pyridine rings is 1. The van der Waals surface area contributed by atoms with Gasteiger partial charge in [0.25, 0.3) is 21.2 Å². The average molecular weight is 1160 g/mol. The lowest BCUT2D eigenvalue weighted by molar-refractivity contribution is -0.757. The SMILES string of the molecule is Cc1cc(Cl)c(OCCOc2ccc(C3=C(C(=O)N(Cc4ccnc(OCCOC(=O)OCCCCO[N+](=O)[O-])c4C)C4CC4)C4N(C(=O)OCCCCO[N+](=O)[O-])C5CN(C(=O)OCCCCO[N+](=O)[O-])CC54C3)cc2)c(Cl)c1. The second-order valence-corrected chi connectivity index (χ2v) is 20.0. The molecule has 0 radical (unpaired) electrons. The quantitative estimate of drug-likeness (QED) is 0.0188. The van der Waals surface area contributed by atoms with E-state index in [1.165, 1.54) is 16.0 Å². The first-order valence-corrected chi connectivity index (χ1v) is 26.6. The molecule has 3 aromatic rings. The van der Waals surface area contributed by atoms with Gasteiger partial charge in [-0.2, -0.15) is 0 Å². The van der Waals surface area contributed by atoms with E-state index in [1.54, 1.807) is 42.2 Å². The van der Waals surface area contributed by atoms with E-state index in [0.717, 1.165) is 5.56 Å².